The van der Waals surface area contributed by atoms with Gasteiger partial charge in [-0.2, -0.15) is 0 Å². The maximum Gasteiger partial charge on any atom is 0.254 e. The molecule has 1 saturated heterocycles. The molecule has 0 aliphatic carbocycles. The maximum atomic E-state index is 12.4. The van der Waals surface area contributed by atoms with Gasteiger partial charge in [-0.15, -0.1) is 0 Å². The second-order valence-corrected chi connectivity index (χ2v) is 6.57. The highest BCUT2D eigenvalue weighted by Gasteiger charge is 2.31. The highest BCUT2D eigenvalue weighted by Crippen LogP contribution is 2.23. The Bertz CT molecular complexity index is 564. The van der Waals surface area contributed by atoms with Gasteiger partial charge in [0.2, 0.25) is 5.91 Å². The Hall–Kier alpha value is -2.24. The average molecular weight is 306 g/mol. The molecule has 6 nitrogen and oxygen atoms in total. The quantitative estimate of drug-likeness (QED) is 0.822. The van der Waals surface area contributed by atoms with Crippen molar-refractivity contribution in [1.29, 1.82) is 0 Å². The molecule has 120 valence electrons. The average Bonchev–Trinajstić information content (AvgIpc) is 2.44. The predicted octanol–water partition coefficient (Wildman–Crippen LogP) is 1.43. The number of phenols is 2. The number of hydrogen-bond acceptors (Lipinski definition) is 4. The third kappa shape index (κ3) is 3.50. The number of aromatic hydroxyl groups is 2. The van der Waals surface area contributed by atoms with E-state index in [1.54, 1.807) is 9.80 Å². The first-order chi connectivity index (χ1) is 10.2. The molecule has 0 atom stereocenters. The summed E-state index contributed by atoms with van der Waals surface area (Å²) in [6.45, 7) is 7.50. The van der Waals surface area contributed by atoms with Crippen molar-refractivity contribution in [3.63, 3.8) is 0 Å². The molecule has 1 aromatic rings. The van der Waals surface area contributed by atoms with Gasteiger partial charge in [0, 0.05) is 43.2 Å². The molecule has 2 rings (SSSR count). The first-order valence-electron chi connectivity index (χ1n) is 7.30. The largest absolute Gasteiger partial charge is 0.508 e. The van der Waals surface area contributed by atoms with Crippen LogP contribution in [-0.2, 0) is 4.79 Å². The van der Waals surface area contributed by atoms with Crippen LogP contribution in [0.1, 0.15) is 31.1 Å². The molecule has 1 aliphatic rings. The number of piperazine rings is 1. The van der Waals surface area contributed by atoms with Crippen LogP contribution in [0.4, 0.5) is 0 Å². The molecule has 22 heavy (non-hydrogen) atoms. The summed E-state index contributed by atoms with van der Waals surface area (Å²) < 4.78 is 0. The van der Waals surface area contributed by atoms with Gasteiger partial charge in [-0.1, -0.05) is 20.8 Å². The molecule has 0 bridgehead atoms. The Labute approximate surface area is 130 Å². The minimum absolute atomic E-state index is 0.0783. The number of carbonyl (C=O) groups is 2. The molecule has 6 heteroatoms. The number of carbonyl (C=O) groups excluding carboxylic acids is 2. The lowest BCUT2D eigenvalue weighted by atomic mass is 9.94. The molecule has 1 aromatic carbocycles. The molecule has 0 spiro atoms. The van der Waals surface area contributed by atoms with Crippen molar-refractivity contribution in [2.75, 3.05) is 26.2 Å². The fourth-order valence-corrected chi connectivity index (χ4v) is 2.49. The summed E-state index contributed by atoms with van der Waals surface area (Å²) in [5, 5.41) is 18.9. The van der Waals surface area contributed by atoms with Gasteiger partial charge in [0.05, 0.1) is 0 Å². The molecule has 0 unspecified atom stereocenters. The van der Waals surface area contributed by atoms with E-state index in [4.69, 9.17) is 0 Å². The first-order valence-corrected chi connectivity index (χ1v) is 7.30. The van der Waals surface area contributed by atoms with Crippen LogP contribution in [-0.4, -0.2) is 58.0 Å². The van der Waals surface area contributed by atoms with Crippen molar-refractivity contribution in [3.8, 4) is 11.5 Å². The van der Waals surface area contributed by atoms with Crippen LogP contribution in [0.3, 0.4) is 0 Å². The fourth-order valence-electron chi connectivity index (χ4n) is 2.49. The SMILES string of the molecule is CC(C)(C)C(=O)N1CCN(C(=O)c2cc(O)cc(O)c2)CC1. The summed E-state index contributed by atoms with van der Waals surface area (Å²) in [6.07, 6.45) is 0. The first kappa shape index (κ1) is 16.1. The van der Waals surface area contributed by atoms with Crippen molar-refractivity contribution in [2.45, 2.75) is 20.8 Å². The summed E-state index contributed by atoms with van der Waals surface area (Å²) in [6, 6.07) is 3.83. The van der Waals surface area contributed by atoms with E-state index in [-0.39, 0.29) is 28.9 Å². The zero-order chi connectivity index (χ0) is 16.5. The van der Waals surface area contributed by atoms with Crippen molar-refractivity contribution < 1.29 is 19.8 Å². The lowest BCUT2D eigenvalue weighted by Crippen LogP contribution is -2.53. The van der Waals surface area contributed by atoms with Gasteiger partial charge >= 0.3 is 0 Å². The summed E-state index contributed by atoms with van der Waals surface area (Å²) >= 11 is 0. The zero-order valence-electron chi connectivity index (χ0n) is 13.2. The van der Waals surface area contributed by atoms with Crippen molar-refractivity contribution in [1.82, 2.24) is 9.80 Å². The van der Waals surface area contributed by atoms with Crippen LogP contribution in [0.15, 0.2) is 18.2 Å². The van der Waals surface area contributed by atoms with E-state index < -0.39 is 5.41 Å². The topological polar surface area (TPSA) is 81.1 Å². The molecular weight excluding hydrogens is 284 g/mol. The third-order valence-corrected chi connectivity index (χ3v) is 3.65. The van der Waals surface area contributed by atoms with Gasteiger partial charge in [-0.05, 0) is 12.1 Å². The van der Waals surface area contributed by atoms with Gasteiger partial charge in [0.25, 0.3) is 5.91 Å². The van der Waals surface area contributed by atoms with E-state index >= 15 is 0 Å². The highest BCUT2D eigenvalue weighted by atomic mass is 16.3. The number of phenolic OH excluding ortho intramolecular Hbond substituents is 2. The molecule has 0 aromatic heterocycles. The van der Waals surface area contributed by atoms with Crippen molar-refractivity contribution in [2.24, 2.45) is 5.41 Å². The summed E-state index contributed by atoms with van der Waals surface area (Å²) in [5.74, 6) is -0.474. The van der Waals surface area contributed by atoms with Gasteiger partial charge in [-0.25, -0.2) is 0 Å². The Kier molecular flexibility index (Phi) is 4.30. The normalized spacial score (nSPS) is 15.8. The summed E-state index contributed by atoms with van der Waals surface area (Å²) in [5.41, 5.74) is -0.184. The van der Waals surface area contributed by atoms with Crippen LogP contribution in [0, 0.1) is 5.41 Å². The van der Waals surface area contributed by atoms with E-state index in [1.165, 1.54) is 18.2 Å². The van der Waals surface area contributed by atoms with Crippen LogP contribution in [0.5, 0.6) is 11.5 Å². The number of nitrogens with zero attached hydrogens (tertiary/aromatic N) is 2. The van der Waals surface area contributed by atoms with Crippen LogP contribution >= 0.6 is 0 Å². The lowest BCUT2D eigenvalue weighted by Gasteiger charge is -2.37. The summed E-state index contributed by atoms with van der Waals surface area (Å²) in [7, 11) is 0. The second kappa shape index (κ2) is 5.87. The number of benzene rings is 1. The van der Waals surface area contributed by atoms with Crippen LogP contribution in [0.25, 0.3) is 0 Å². The van der Waals surface area contributed by atoms with Crippen LogP contribution in [0.2, 0.25) is 0 Å². The van der Waals surface area contributed by atoms with E-state index in [1.807, 2.05) is 20.8 Å². The molecule has 1 aliphatic heterocycles. The minimum Gasteiger partial charge on any atom is -0.508 e. The maximum absolute atomic E-state index is 12.4. The Morgan fingerprint density at radius 2 is 1.36 bits per heavy atom. The molecule has 1 fully saturated rings. The zero-order valence-corrected chi connectivity index (χ0v) is 13.2. The Morgan fingerprint density at radius 1 is 0.909 bits per heavy atom. The molecular formula is C16H22N2O4. The number of amides is 2. The minimum atomic E-state index is -0.427. The lowest BCUT2D eigenvalue weighted by molar-refractivity contribution is -0.140. The van der Waals surface area contributed by atoms with E-state index in [0.717, 1.165) is 0 Å². The van der Waals surface area contributed by atoms with Gasteiger partial charge in [-0.3, -0.25) is 9.59 Å². The van der Waals surface area contributed by atoms with Gasteiger partial charge in [0.1, 0.15) is 11.5 Å². The van der Waals surface area contributed by atoms with Crippen molar-refractivity contribution >= 4 is 11.8 Å². The predicted molar refractivity (Wildman–Crippen MR) is 81.7 cm³/mol. The Morgan fingerprint density at radius 3 is 1.82 bits per heavy atom. The molecule has 0 radical (unpaired) electrons. The molecule has 0 saturated carbocycles. The monoisotopic (exact) mass is 306 g/mol. The number of rotatable bonds is 1. The molecule has 2 N–H and O–H groups in total. The second-order valence-electron chi connectivity index (χ2n) is 6.57. The van der Waals surface area contributed by atoms with E-state index in [9.17, 15) is 19.8 Å². The van der Waals surface area contributed by atoms with Gasteiger partial charge in [0.15, 0.2) is 0 Å². The van der Waals surface area contributed by atoms with Gasteiger partial charge < -0.3 is 20.0 Å². The standard InChI is InChI=1S/C16H22N2O4/c1-16(2,3)15(22)18-6-4-17(5-7-18)14(21)11-8-12(19)10-13(20)9-11/h8-10,19-20H,4-7H2,1-3H3. The highest BCUT2D eigenvalue weighted by molar-refractivity contribution is 5.95. The van der Waals surface area contributed by atoms with E-state index in [0.29, 0.717) is 26.2 Å². The molecule has 1 heterocycles. The van der Waals surface area contributed by atoms with Crippen LogP contribution < -0.4 is 0 Å². The Balaban J connectivity index is 2.02. The molecule has 2 amide bonds. The van der Waals surface area contributed by atoms with E-state index in [2.05, 4.69) is 0 Å². The summed E-state index contributed by atoms with van der Waals surface area (Å²) in [4.78, 5) is 28.0. The van der Waals surface area contributed by atoms with Crippen molar-refractivity contribution in [3.05, 3.63) is 23.8 Å². The number of hydrogen-bond donors (Lipinski definition) is 2. The smallest absolute Gasteiger partial charge is 0.254 e. The third-order valence-electron chi connectivity index (χ3n) is 3.65. The fraction of sp³-hybridized carbons (Fsp3) is 0.500.